The molecule has 0 aliphatic rings. The predicted molar refractivity (Wildman–Crippen MR) is 68.5 cm³/mol. The number of halogens is 4. The van der Waals surface area contributed by atoms with Gasteiger partial charge in [-0.2, -0.15) is 0 Å². The molecule has 1 aromatic rings. The Labute approximate surface area is 117 Å². The van der Waals surface area contributed by atoms with Crippen LogP contribution in [-0.4, -0.2) is 20.5 Å². The summed E-state index contributed by atoms with van der Waals surface area (Å²) >= 11 is 3.05. The van der Waals surface area contributed by atoms with Crippen molar-refractivity contribution in [3.05, 3.63) is 22.7 Å². The van der Waals surface area contributed by atoms with E-state index in [1.165, 1.54) is 12.1 Å². The lowest BCUT2D eigenvalue weighted by atomic mass is 10.3. The zero-order valence-electron chi connectivity index (χ0n) is 9.79. The highest BCUT2D eigenvalue weighted by Gasteiger charge is 2.32. The van der Waals surface area contributed by atoms with Crippen molar-refractivity contribution >= 4 is 31.6 Å². The van der Waals surface area contributed by atoms with Crippen LogP contribution < -0.4 is 9.46 Å². The van der Waals surface area contributed by atoms with E-state index in [2.05, 4.69) is 25.4 Å². The molecule has 0 atom stereocenters. The zero-order chi connectivity index (χ0) is 14.7. The standard InChI is InChI=1S/C10H11BrF3NO3S/c1-2-5-19(16,17)15-8-6-7(11)3-4-9(8)18-10(12,13)14/h3-4,6,15H,2,5H2,1H3. The monoisotopic (exact) mass is 361 g/mol. The molecular formula is C10H11BrF3NO3S. The third-order valence-corrected chi connectivity index (χ3v) is 3.88. The third-order valence-electron chi connectivity index (χ3n) is 1.91. The van der Waals surface area contributed by atoms with Crippen LogP contribution in [0.3, 0.4) is 0 Å². The Balaban J connectivity index is 3.08. The van der Waals surface area contributed by atoms with Gasteiger partial charge in [-0.05, 0) is 24.6 Å². The predicted octanol–water partition coefficient (Wildman–Crippen LogP) is 3.50. The zero-order valence-corrected chi connectivity index (χ0v) is 12.2. The molecule has 0 aliphatic carbocycles. The second-order valence-corrected chi connectivity index (χ2v) is 6.37. The maximum absolute atomic E-state index is 12.2. The molecule has 0 fully saturated rings. The molecule has 1 N–H and O–H groups in total. The molecule has 0 unspecified atom stereocenters. The molecule has 19 heavy (non-hydrogen) atoms. The number of anilines is 1. The number of nitrogens with one attached hydrogen (secondary N) is 1. The quantitative estimate of drug-likeness (QED) is 0.872. The van der Waals surface area contributed by atoms with Crippen LogP contribution in [0, 0.1) is 0 Å². The molecule has 9 heteroatoms. The Kier molecular flexibility index (Phi) is 5.08. The molecular weight excluding hydrogens is 351 g/mol. The van der Waals surface area contributed by atoms with E-state index >= 15 is 0 Å². The SMILES string of the molecule is CCCS(=O)(=O)Nc1cc(Br)ccc1OC(F)(F)F. The molecule has 108 valence electrons. The van der Waals surface area contributed by atoms with Crippen molar-refractivity contribution in [1.82, 2.24) is 0 Å². The summed E-state index contributed by atoms with van der Waals surface area (Å²) < 4.78 is 66.0. The Bertz CT molecular complexity index is 545. The van der Waals surface area contributed by atoms with Gasteiger partial charge in [0, 0.05) is 4.47 Å². The van der Waals surface area contributed by atoms with E-state index in [-0.39, 0.29) is 11.4 Å². The largest absolute Gasteiger partial charge is 0.573 e. The molecule has 4 nitrogen and oxygen atoms in total. The highest BCUT2D eigenvalue weighted by molar-refractivity contribution is 9.10. The minimum atomic E-state index is -4.89. The molecule has 1 aromatic carbocycles. The van der Waals surface area contributed by atoms with E-state index in [0.29, 0.717) is 10.9 Å². The van der Waals surface area contributed by atoms with Crippen molar-refractivity contribution in [2.45, 2.75) is 19.7 Å². The van der Waals surface area contributed by atoms with E-state index < -0.39 is 22.1 Å². The summed E-state index contributed by atoms with van der Waals surface area (Å²) in [6.07, 6.45) is -4.54. The van der Waals surface area contributed by atoms with Gasteiger partial charge in [-0.3, -0.25) is 4.72 Å². The van der Waals surface area contributed by atoms with Crippen LogP contribution in [0.4, 0.5) is 18.9 Å². The maximum atomic E-state index is 12.2. The van der Waals surface area contributed by atoms with Crippen LogP contribution in [0.5, 0.6) is 5.75 Å². The van der Waals surface area contributed by atoms with Gasteiger partial charge in [0.25, 0.3) is 0 Å². The first-order valence-electron chi connectivity index (χ1n) is 5.19. The van der Waals surface area contributed by atoms with Crippen molar-refractivity contribution in [3.63, 3.8) is 0 Å². The molecule has 0 spiro atoms. The van der Waals surface area contributed by atoms with Gasteiger partial charge in [0.1, 0.15) is 0 Å². The van der Waals surface area contributed by atoms with E-state index in [9.17, 15) is 21.6 Å². The van der Waals surface area contributed by atoms with Gasteiger partial charge >= 0.3 is 6.36 Å². The molecule has 0 aliphatic heterocycles. The minimum Gasteiger partial charge on any atom is -0.404 e. The highest BCUT2D eigenvalue weighted by atomic mass is 79.9. The van der Waals surface area contributed by atoms with Crippen LogP contribution in [-0.2, 0) is 10.0 Å². The normalized spacial score (nSPS) is 12.3. The van der Waals surface area contributed by atoms with Gasteiger partial charge in [0.05, 0.1) is 11.4 Å². The summed E-state index contributed by atoms with van der Waals surface area (Å²) in [7, 11) is -3.70. The molecule has 0 saturated carbocycles. The smallest absolute Gasteiger partial charge is 0.404 e. The molecule has 0 amide bonds. The minimum absolute atomic E-state index is 0.190. The molecule has 0 heterocycles. The number of benzene rings is 1. The Morgan fingerprint density at radius 3 is 2.53 bits per heavy atom. The summed E-state index contributed by atoms with van der Waals surface area (Å²) in [6.45, 7) is 1.65. The lowest BCUT2D eigenvalue weighted by Crippen LogP contribution is -2.20. The van der Waals surface area contributed by atoms with Crippen LogP contribution in [0.1, 0.15) is 13.3 Å². The average molecular weight is 362 g/mol. The first-order chi connectivity index (χ1) is 8.63. The summed E-state index contributed by atoms with van der Waals surface area (Å²) in [5.41, 5.74) is -0.264. The molecule has 0 bridgehead atoms. The number of rotatable bonds is 5. The second-order valence-electron chi connectivity index (χ2n) is 3.61. The Hall–Kier alpha value is -0.960. The van der Waals surface area contributed by atoms with Gasteiger partial charge in [0.15, 0.2) is 5.75 Å². The number of hydrogen-bond acceptors (Lipinski definition) is 3. The van der Waals surface area contributed by atoms with E-state index in [1.807, 2.05) is 0 Å². The second kappa shape index (κ2) is 6.00. The van der Waals surface area contributed by atoms with E-state index in [4.69, 9.17) is 0 Å². The summed E-state index contributed by atoms with van der Waals surface area (Å²) in [5, 5.41) is 0. The van der Waals surface area contributed by atoms with Crippen LogP contribution >= 0.6 is 15.9 Å². The average Bonchev–Trinajstić information content (AvgIpc) is 2.19. The fourth-order valence-corrected chi connectivity index (χ4v) is 2.78. The summed E-state index contributed by atoms with van der Waals surface area (Å²) in [4.78, 5) is 0. The first-order valence-corrected chi connectivity index (χ1v) is 7.63. The highest BCUT2D eigenvalue weighted by Crippen LogP contribution is 2.33. The Morgan fingerprint density at radius 2 is 2.00 bits per heavy atom. The van der Waals surface area contributed by atoms with Crippen molar-refractivity contribution < 1.29 is 26.3 Å². The van der Waals surface area contributed by atoms with Gasteiger partial charge in [-0.25, -0.2) is 8.42 Å². The van der Waals surface area contributed by atoms with Crippen molar-refractivity contribution in [3.8, 4) is 5.75 Å². The topological polar surface area (TPSA) is 55.4 Å². The van der Waals surface area contributed by atoms with Crippen molar-refractivity contribution in [1.29, 1.82) is 0 Å². The van der Waals surface area contributed by atoms with Gasteiger partial charge in [-0.15, -0.1) is 13.2 Å². The van der Waals surface area contributed by atoms with E-state index in [0.717, 1.165) is 6.07 Å². The molecule has 0 aromatic heterocycles. The lowest BCUT2D eigenvalue weighted by Gasteiger charge is -2.15. The fourth-order valence-electron chi connectivity index (χ4n) is 1.28. The number of ether oxygens (including phenoxy) is 1. The van der Waals surface area contributed by atoms with Crippen molar-refractivity contribution in [2.24, 2.45) is 0 Å². The van der Waals surface area contributed by atoms with Gasteiger partial charge < -0.3 is 4.74 Å². The number of hydrogen-bond donors (Lipinski definition) is 1. The van der Waals surface area contributed by atoms with E-state index in [1.54, 1.807) is 6.92 Å². The lowest BCUT2D eigenvalue weighted by molar-refractivity contribution is -0.274. The molecule has 0 saturated heterocycles. The third kappa shape index (κ3) is 5.68. The molecule has 0 radical (unpaired) electrons. The van der Waals surface area contributed by atoms with Crippen LogP contribution in [0.2, 0.25) is 0 Å². The van der Waals surface area contributed by atoms with Crippen molar-refractivity contribution in [2.75, 3.05) is 10.5 Å². The first kappa shape index (κ1) is 16.1. The van der Waals surface area contributed by atoms with Gasteiger partial charge in [0.2, 0.25) is 10.0 Å². The number of alkyl halides is 3. The summed E-state index contributed by atoms with van der Waals surface area (Å²) in [6, 6.07) is 3.55. The summed E-state index contributed by atoms with van der Waals surface area (Å²) in [5.74, 6) is -0.791. The fraction of sp³-hybridized carbons (Fsp3) is 0.400. The van der Waals surface area contributed by atoms with Crippen LogP contribution in [0.25, 0.3) is 0 Å². The Morgan fingerprint density at radius 1 is 1.37 bits per heavy atom. The maximum Gasteiger partial charge on any atom is 0.573 e. The molecule has 1 rings (SSSR count). The van der Waals surface area contributed by atoms with Gasteiger partial charge in [-0.1, -0.05) is 22.9 Å². The number of sulfonamides is 1. The van der Waals surface area contributed by atoms with Crippen LogP contribution in [0.15, 0.2) is 22.7 Å².